The van der Waals surface area contributed by atoms with Crippen molar-refractivity contribution >= 4 is 32.2 Å². The van der Waals surface area contributed by atoms with Crippen LogP contribution in [0.2, 0.25) is 0 Å². The fraction of sp³-hybridized carbons (Fsp3) is 0.231. The number of para-hydroxylation sites is 2. The Morgan fingerprint density at radius 2 is 2.00 bits per heavy atom. The molecule has 0 atom stereocenters. The molecule has 0 N–H and O–H groups in total. The van der Waals surface area contributed by atoms with E-state index in [2.05, 4.69) is 9.97 Å². The van der Waals surface area contributed by atoms with E-state index in [0.717, 1.165) is 16.2 Å². The molecule has 0 amide bonds. The highest BCUT2D eigenvalue weighted by molar-refractivity contribution is 7.90. The lowest BCUT2D eigenvalue weighted by Gasteiger charge is -2.05. The minimum atomic E-state index is -3.38. The van der Waals surface area contributed by atoms with E-state index >= 15 is 0 Å². The highest BCUT2D eigenvalue weighted by Crippen LogP contribution is 2.21. The summed E-state index contributed by atoms with van der Waals surface area (Å²) in [5.41, 5.74) is 2.33. The predicted molar refractivity (Wildman–Crippen MR) is 78.8 cm³/mol. The molecule has 104 valence electrons. The number of nitrogens with zero attached hydrogens (tertiary/aromatic N) is 3. The maximum absolute atomic E-state index is 11.9. The van der Waals surface area contributed by atoms with Gasteiger partial charge in [0.25, 0.3) is 0 Å². The van der Waals surface area contributed by atoms with Crippen LogP contribution in [0.15, 0.2) is 34.8 Å². The van der Waals surface area contributed by atoms with Gasteiger partial charge in [-0.2, -0.15) is 0 Å². The molecule has 0 saturated carbocycles. The van der Waals surface area contributed by atoms with E-state index in [4.69, 9.17) is 0 Å². The first kappa shape index (κ1) is 13.3. The molecule has 20 heavy (non-hydrogen) atoms. The average molecular weight is 307 g/mol. The molecule has 7 heteroatoms. The molecule has 3 rings (SSSR count). The molecular weight excluding hydrogens is 294 g/mol. The van der Waals surface area contributed by atoms with Crippen molar-refractivity contribution in [2.75, 3.05) is 6.26 Å². The Morgan fingerprint density at radius 3 is 2.65 bits per heavy atom. The third kappa shape index (κ3) is 2.34. The topological polar surface area (TPSA) is 64.8 Å². The van der Waals surface area contributed by atoms with E-state index < -0.39 is 9.84 Å². The minimum absolute atomic E-state index is 0.0874. The zero-order valence-corrected chi connectivity index (χ0v) is 12.7. The number of aromatic nitrogens is 3. The molecule has 0 spiro atoms. The van der Waals surface area contributed by atoms with Gasteiger partial charge in [-0.1, -0.05) is 12.1 Å². The summed E-state index contributed by atoms with van der Waals surface area (Å²) in [5, 5.41) is 2.99. The van der Waals surface area contributed by atoms with Gasteiger partial charge in [-0.05, 0) is 19.1 Å². The van der Waals surface area contributed by atoms with Crippen LogP contribution in [0.5, 0.6) is 0 Å². The normalized spacial score (nSPS) is 12.1. The lowest BCUT2D eigenvalue weighted by Crippen LogP contribution is -2.10. The van der Waals surface area contributed by atoms with E-state index in [9.17, 15) is 8.42 Å². The van der Waals surface area contributed by atoms with Crippen molar-refractivity contribution in [1.29, 1.82) is 0 Å². The molecule has 0 aliphatic carbocycles. The molecule has 0 aliphatic rings. The second-order valence-corrected chi connectivity index (χ2v) is 7.57. The number of hydrogen-bond donors (Lipinski definition) is 0. The molecule has 0 bridgehead atoms. The number of benzene rings is 1. The lowest BCUT2D eigenvalue weighted by atomic mass is 10.3. The zero-order chi connectivity index (χ0) is 14.3. The van der Waals surface area contributed by atoms with Crippen molar-refractivity contribution in [1.82, 2.24) is 14.5 Å². The van der Waals surface area contributed by atoms with Crippen molar-refractivity contribution in [3.63, 3.8) is 0 Å². The van der Waals surface area contributed by atoms with Crippen molar-refractivity contribution < 1.29 is 8.42 Å². The van der Waals surface area contributed by atoms with Gasteiger partial charge in [-0.3, -0.25) is 0 Å². The van der Waals surface area contributed by atoms with Gasteiger partial charge in [0.05, 0.1) is 28.3 Å². The van der Waals surface area contributed by atoms with Crippen LogP contribution in [0.3, 0.4) is 0 Å². The van der Waals surface area contributed by atoms with Crippen LogP contribution in [-0.2, 0) is 16.4 Å². The van der Waals surface area contributed by atoms with Crippen LogP contribution in [0.1, 0.15) is 10.7 Å². The number of rotatable bonds is 3. The summed E-state index contributed by atoms with van der Waals surface area (Å²) in [7, 11) is -3.38. The summed E-state index contributed by atoms with van der Waals surface area (Å²) in [6.07, 6.45) is 1.18. The van der Waals surface area contributed by atoms with Gasteiger partial charge in [-0.15, -0.1) is 11.3 Å². The first-order chi connectivity index (χ1) is 9.45. The molecule has 2 aromatic heterocycles. The first-order valence-electron chi connectivity index (χ1n) is 6.01. The summed E-state index contributed by atoms with van der Waals surface area (Å²) in [6.45, 7) is 2.34. The smallest absolute Gasteiger partial charge is 0.228 e. The maximum Gasteiger partial charge on any atom is 0.228 e. The number of aryl methyl sites for hydroxylation is 1. The molecule has 0 aliphatic heterocycles. The molecule has 5 nitrogen and oxygen atoms in total. The molecule has 0 saturated heterocycles. The van der Waals surface area contributed by atoms with Crippen LogP contribution < -0.4 is 0 Å². The third-order valence-electron chi connectivity index (χ3n) is 2.94. The Bertz CT molecular complexity index is 878. The Morgan fingerprint density at radius 1 is 1.25 bits per heavy atom. The summed E-state index contributed by atoms with van der Waals surface area (Å²) in [6, 6.07) is 7.40. The van der Waals surface area contributed by atoms with Crippen LogP contribution in [0, 0.1) is 6.92 Å². The van der Waals surface area contributed by atoms with Gasteiger partial charge in [0.2, 0.25) is 15.0 Å². The van der Waals surface area contributed by atoms with E-state index in [1.807, 2.05) is 36.6 Å². The Hall–Kier alpha value is -1.73. The second-order valence-electron chi connectivity index (χ2n) is 4.60. The molecule has 0 fully saturated rings. The summed E-state index contributed by atoms with van der Waals surface area (Å²) >= 11 is 1.55. The standard InChI is InChI=1S/C13H13N3O2S2/c1-9-14-10(8-19-9)7-16-12-6-4-3-5-11(12)15-13(16)20(2,17)18/h3-6,8H,7H2,1-2H3. The van der Waals surface area contributed by atoms with E-state index in [1.54, 1.807) is 15.9 Å². The highest BCUT2D eigenvalue weighted by Gasteiger charge is 2.19. The number of thiazole rings is 1. The summed E-state index contributed by atoms with van der Waals surface area (Å²) < 4.78 is 25.5. The second kappa shape index (κ2) is 4.68. The summed E-state index contributed by atoms with van der Waals surface area (Å²) in [4.78, 5) is 8.63. The van der Waals surface area contributed by atoms with Crippen molar-refractivity contribution in [2.24, 2.45) is 0 Å². The minimum Gasteiger partial charge on any atom is -0.309 e. The largest absolute Gasteiger partial charge is 0.309 e. The maximum atomic E-state index is 11.9. The molecule has 2 heterocycles. The molecule has 3 aromatic rings. The van der Waals surface area contributed by atoms with Gasteiger partial charge in [0.15, 0.2) is 0 Å². The van der Waals surface area contributed by atoms with E-state index in [1.165, 1.54) is 6.26 Å². The lowest BCUT2D eigenvalue weighted by molar-refractivity contribution is 0.580. The monoisotopic (exact) mass is 307 g/mol. The van der Waals surface area contributed by atoms with Crippen molar-refractivity contribution in [2.45, 2.75) is 18.6 Å². The molecule has 0 radical (unpaired) electrons. The quantitative estimate of drug-likeness (QED) is 0.744. The number of sulfone groups is 1. The molecule has 0 unspecified atom stereocenters. The fourth-order valence-electron chi connectivity index (χ4n) is 2.13. The highest BCUT2D eigenvalue weighted by atomic mass is 32.2. The van der Waals surface area contributed by atoms with Crippen LogP contribution in [-0.4, -0.2) is 29.2 Å². The molecular formula is C13H13N3O2S2. The van der Waals surface area contributed by atoms with E-state index in [-0.39, 0.29) is 5.16 Å². The fourth-order valence-corrected chi connectivity index (χ4v) is 3.56. The number of hydrogen-bond acceptors (Lipinski definition) is 5. The SMILES string of the molecule is Cc1nc(Cn2c(S(C)(=O)=O)nc3ccccc32)cs1. The Kier molecular flexibility index (Phi) is 3.10. The average Bonchev–Trinajstić information content (AvgIpc) is 2.94. The van der Waals surface area contributed by atoms with Gasteiger partial charge in [-0.25, -0.2) is 18.4 Å². The van der Waals surface area contributed by atoms with Gasteiger partial charge < -0.3 is 4.57 Å². The molecule has 1 aromatic carbocycles. The van der Waals surface area contributed by atoms with Crippen LogP contribution in [0.4, 0.5) is 0 Å². The van der Waals surface area contributed by atoms with Crippen LogP contribution >= 0.6 is 11.3 Å². The third-order valence-corrected chi connectivity index (χ3v) is 4.74. The van der Waals surface area contributed by atoms with Crippen molar-refractivity contribution in [3.05, 3.63) is 40.3 Å². The van der Waals surface area contributed by atoms with Gasteiger partial charge >= 0.3 is 0 Å². The van der Waals surface area contributed by atoms with Crippen molar-refractivity contribution in [3.8, 4) is 0 Å². The predicted octanol–water partition coefficient (Wildman–Crippen LogP) is 2.25. The van der Waals surface area contributed by atoms with Crippen LogP contribution in [0.25, 0.3) is 11.0 Å². The number of fused-ring (bicyclic) bond motifs is 1. The zero-order valence-electron chi connectivity index (χ0n) is 11.1. The van der Waals surface area contributed by atoms with Gasteiger partial charge in [0, 0.05) is 11.6 Å². The number of imidazole rings is 1. The summed E-state index contributed by atoms with van der Waals surface area (Å²) in [5.74, 6) is 0. The van der Waals surface area contributed by atoms with Gasteiger partial charge in [0.1, 0.15) is 0 Å². The Labute approximate surface area is 120 Å². The Balaban J connectivity index is 2.21. The van der Waals surface area contributed by atoms with E-state index in [0.29, 0.717) is 12.1 Å². The first-order valence-corrected chi connectivity index (χ1v) is 8.78.